The van der Waals surface area contributed by atoms with Gasteiger partial charge in [-0.1, -0.05) is 5.16 Å². The minimum Gasteiger partial charge on any atom is -0.506 e. The van der Waals surface area contributed by atoms with Crippen molar-refractivity contribution in [2.75, 3.05) is 6.61 Å². The van der Waals surface area contributed by atoms with Crippen LogP contribution in [0.15, 0.2) is 16.0 Å². The van der Waals surface area contributed by atoms with Gasteiger partial charge >= 0.3 is 0 Å². The van der Waals surface area contributed by atoms with Gasteiger partial charge < -0.3 is 14.4 Å². The molecule has 1 N–H and O–H groups in total. The summed E-state index contributed by atoms with van der Waals surface area (Å²) in [7, 11) is 0. The van der Waals surface area contributed by atoms with Gasteiger partial charge in [-0.2, -0.15) is 4.98 Å². The van der Waals surface area contributed by atoms with Gasteiger partial charge in [0.05, 0.1) is 0 Å². The van der Waals surface area contributed by atoms with Crippen molar-refractivity contribution in [3.05, 3.63) is 17.3 Å². The summed E-state index contributed by atoms with van der Waals surface area (Å²) in [5.41, 5.74) is -0.465. The largest absolute Gasteiger partial charge is 0.506 e. The van der Waals surface area contributed by atoms with Crippen LogP contribution >= 0.6 is 11.3 Å². The van der Waals surface area contributed by atoms with Crippen molar-refractivity contribution in [2.45, 2.75) is 31.8 Å². The molecule has 0 aliphatic carbocycles. The van der Waals surface area contributed by atoms with Gasteiger partial charge in [-0.15, -0.1) is 11.3 Å². The molecule has 0 spiro atoms. The number of hydrogen-bond acceptors (Lipinski definition) is 6. The summed E-state index contributed by atoms with van der Waals surface area (Å²) in [6.07, 6.45) is 3.07. The van der Waals surface area contributed by atoms with Gasteiger partial charge in [0.1, 0.15) is 16.2 Å². The molecule has 0 bridgehead atoms. The van der Waals surface area contributed by atoms with Crippen LogP contribution in [0.3, 0.4) is 0 Å². The second kappa shape index (κ2) is 4.37. The fourth-order valence-corrected chi connectivity index (χ4v) is 2.81. The zero-order chi connectivity index (χ0) is 12.6. The van der Waals surface area contributed by atoms with Crippen LogP contribution < -0.4 is 0 Å². The van der Waals surface area contributed by atoms with E-state index in [9.17, 15) is 5.11 Å². The first-order valence-electron chi connectivity index (χ1n) is 5.94. The van der Waals surface area contributed by atoms with Crippen LogP contribution in [-0.2, 0) is 10.3 Å². The van der Waals surface area contributed by atoms with Gasteiger partial charge in [-0.25, -0.2) is 0 Å². The molecule has 5 nitrogen and oxygen atoms in total. The van der Waals surface area contributed by atoms with Crippen LogP contribution in [0.5, 0.6) is 5.75 Å². The van der Waals surface area contributed by atoms with Crippen molar-refractivity contribution >= 4 is 11.3 Å². The molecule has 0 aromatic carbocycles. The van der Waals surface area contributed by atoms with Crippen LogP contribution in [-0.4, -0.2) is 21.9 Å². The molecule has 0 amide bonds. The third kappa shape index (κ3) is 1.91. The minimum atomic E-state index is -0.465. The number of rotatable bonds is 2. The second-order valence-electron chi connectivity index (χ2n) is 4.59. The van der Waals surface area contributed by atoms with Crippen LogP contribution in [0.1, 0.15) is 32.0 Å². The van der Waals surface area contributed by atoms with Crippen molar-refractivity contribution in [3.8, 4) is 16.5 Å². The number of aromatic nitrogens is 2. The highest BCUT2D eigenvalue weighted by atomic mass is 32.1. The third-order valence-electron chi connectivity index (χ3n) is 3.21. The Kier molecular flexibility index (Phi) is 2.83. The zero-order valence-electron chi connectivity index (χ0n) is 10.0. The van der Waals surface area contributed by atoms with E-state index in [-0.39, 0.29) is 5.75 Å². The molecule has 1 atom stereocenters. The van der Waals surface area contributed by atoms with Crippen LogP contribution in [0.25, 0.3) is 10.8 Å². The lowest BCUT2D eigenvalue weighted by Crippen LogP contribution is -2.31. The number of thiophene rings is 1. The molecule has 1 fully saturated rings. The molecule has 1 aliphatic heterocycles. The lowest BCUT2D eigenvalue weighted by Gasteiger charge is -2.30. The van der Waals surface area contributed by atoms with Crippen LogP contribution in [0.4, 0.5) is 0 Å². The van der Waals surface area contributed by atoms with Crippen molar-refractivity contribution < 1.29 is 14.4 Å². The Morgan fingerprint density at radius 3 is 3.00 bits per heavy atom. The van der Waals surface area contributed by atoms with Crippen LogP contribution in [0.2, 0.25) is 0 Å². The fraction of sp³-hybridized carbons (Fsp3) is 0.500. The summed E-state index contributed by atoms with van der Waals surface area (Å²) in [6, 6.07) is 1.61. The van der Waals surface area contributed by atoms with Crippen LogP contribution in [0, 0.1) is 0 Å². The van der Waals surface area contributed by atoms with E-state index >= 15 is 0 Å². The monoisotopic (exact) mass is 266 g/mol. The van der Waals surface area contributed by atoms with E-state index in [0.29, 0.717) is 16.6 Å². The topological polar surface area (TPSA) is 68.4 Å². The van der Waals surface area contributed by atoms with Crippen molar-refractivity contribution in [1.82, 2.24) is 10.1 Å². The van der Waals surface area contributed by atoms with Gasteiger partial charge in [0.2, 0.25) is 5.82 Å². The summed E-state index contributed by atoms with van der Waals surface area (Å²) in [4.78, 5) is 4.96. The zero-order valence-corrected chi connectivity index (χ0v) is 10.9. The van der Waals surface area contributed by atoms with E-state index in [1.165, 1.54) is 11.3 Å². The average molecular weight is 266 g/mol. The standard InChI is InChI=1S/C12H14N2O3S/c1-12(5-2-3-6-16-12)11-13-10(17-14-11)9-8(15)4-7-18-9/h4,7,15H,2-3,5-6H2,1H3. The molecule has 2 aromatic heterocycles. The van der Waals surface area contributed by atoms with E-state index in [1.54, 1.807) is 11.4 Å². The first kappa shape index (κ1) is 11.7. The molecular formula is C12H14N2O3S. The van der Waals surface area contributed by atoms with E-state index < -0.39 is 5.60 Å². The van der Waals surface area contributed by atoms with Gasteiger partial charge in [-0.3, -0.25) is 0 Å². The molecule has 96 valence electrons. The quantitative estimate of drug-likeness (QED) is 0.905. The second-order valence-corrected chi connectivity index (χ2v) is 5.51. The highest BCUT2D eigenvalue weighted by molar-refractivity contribution is 7.13. The predicted octanol–water partition coefficient (Wildman–Crippen LogP) is 2.92. The van der Waals surface area contributed by atoms with Crippen molar-refractivity contribution in [3.63, 3.8) is 0 Å². The molecule has 0 saturated carbocycles. The number of aromatic hydroxyl groups is 1. The maximum absolute atomic E-state index is 9.64. The predicted molar refractivity (Wildman–Crippen MR) is 66.4 cm³/mol. The van der Waals surface area contributed by atoms with Gasteiger partial charge in [0.15, 0.2) is 0 Å². The maximum Gasteiger partial charge on any atom is 0.271 e. The molecule has 3 heterocycles. The Bertz CT molecular complexity index is 543. The Balaban J connectivity index is 1.92. The fourth-order valence-electron chi connectivity index (χ4n) is 2.10. The smallest absolute Gasteiger partial charge is 0.271 e. The molecule has 2 aromatic rings. The molecule has 1 saturated heterocycles. The van der Waals surface area contributed by atoms with E-state index in [4.69, 9.17) is 9.26 Å². The first-order chi connectivity index (χ1) is 8.69. The number of ether oxygens (including phenoxy) is 1. The van der Waals surface area contributed by atoms with Gasteiger partial charge in [0.25, 0.3) is 5.89 Å². The SMILES string of the molecule is CC1(c2noc(-c3sccc3O)n2)CCCCO1. The first-order valence-corrected chi connectivity index (χ1v) is 6.82. The minimum absolute atomic E-state index is 0.171. The average Bonchev–Trinajstić information content (AvgIpc) is 2.98. The molecule has 18 heavy (non-hydrogen) atoms. The highest BCUT2D eigenvalue weighted by Gasteiger charge is 2.35. The molecule has 3 rings (SSSR count). The lowest BCUT2D eigenvalue weighted by molar-refractivity contribution is -0.0770. The summed E-state index contributed by atoms with van der Waals surface area (Å²) >= 11 is 1.37. The number of nitrogens with zero attached hydrogens (tertiary/aromatic N) is 2. The summed E-state index contributed by atoms with van der Waals surface area (Å²) in [5.74, 6) is 1.09. The lowest BCUT2D eigenvalue weighted by atomic mass is 9.95. The van der Waals surface area contributed by atoms with E-state index in [0.717, 1.165) is 25.9 Å². The highest BCUT2D eigenvalue weighted by Crippen LogP contribution is 2.37. The summed E-state index contributed by atoms with van der Waals surface area (Å²) in [5, 5.41) is 15.4. The third-order valence-corrected chi connectivity index (χ3v) is 4.10. The molecule has 1 unspecified atom stereocenters. The summed E-state index contributed by atoms with van der Waals surface area (Å²) in [6.45, 7) is 2.71. The Labute approximate surface area is 108 Å². The van der Waals surface area contributed by atoms with Crippen molar-refractivity contribution in [1.29, 1.82) is 0 Å². The Morgan fingerprint density at radius 2 is 2.33 bits per heavy atom. The van der Waals surface area contributed by atoms with E-state index in [1.807, 2.05) is 6.92 Å². The molecule has 0 radical (unpaired) electrons. The molecule has 1 aliphatic rings. The summed E-state index contributed by atoms with van der Waals surface area (Å²) < 4.78 is 11.0. The van der Waals surface area contributed by atoms with Gasteiger partial charge in [0, 0.05) is 6.61 Å². The molecule has 6 heteroatoms. The van der Waals surface area contributed by atoms with E-state index in [2.05, 4.69) is 10.1 Å². The maximum atomic E-state index is 9.64. The van der Waals surface area contributed by atoms with Gasteiger partial charge in [-0.05, 0) is 37.6 Å². The van der Waals surface area contributed by atoms with Crippen molar-refractivity contribution in [2.24, 2.45) is 0 Å². The number of hydrogen-bond donors (Lipinski definition) is 1. The Hall–Kier alpha value is -1.40. The normalized spacial score (nSPS) is 24.3. The Morgan fingerprint density at radius 1 is 1.44 bits per heavy atom. The molecular weight excluding hydrogens is 252 g/mol.